The summed E-state index contributed by atoms with van der Waals surface area (Å²) >= 11 is 1.69. The van der Waals surface area contributed by atoms with E-state index in [2.05, 4.69) is 9.97 Å². The van der Waals surface area contributed by atoms with Crippen LogP contribution in [0.1, 0.15) is 12.8 Å². The van der Waals surface area contributed by atoms with Crippen molar-refractivity contribution in [3.8, 4) is 0 Å². The molecule has 0 amide bonds. The highest BCUT2D eigenvalue weighted by Gasteiger charge is 2.18. The van der Waals surface area contributed by atoms with E-state index < -0.39 is 0 Å². The number of aromatic nitrogens is 2. The van der Waals surface area contributed by atoms with Gasteiger partial charge in [0, 0.05) is 17.7 Å². The predicted octanol–water partition coefficient (Wildman–Crippen LogP) is 3.65. The Hall–Kier alpha value is -1.59. The van der Waals surface area contributed by atoms with E-state index in [-0.39, 0.29) is 0 Å². The van der Waals surface area contributed by atoms with E-state index in [9.17, 15) is 0 Å². The second-order valence-corrected chi connectivity index (χ2v) is 5.91. The summed E-state index contributed by atoms with van der Waals surface area (Å²) in [6, 6.07) is 7.96. The number of fused-ring (bicyclic) bond motifs is 3. The highest BCUT2D eigenvalue weighted by Crippen LogP contribution is 2.33. The minimum atomic E-state index is 0.342. The molecule has 0 saturated carbocycles. The van der Waals surface area contributed by atoms with Crippen molar-refractivity contribution in [1.82, 2.24) is 9.97 Å². The summed E-state index contributed by atoms with van der Waals surface area (Å²) in [4.78, 5) is 8.73. The normalized spacial score (nSPS) is 19.1. The first-order chi connectivity index (χ1) is 9.92. The Morgan fingerprint density at radius 3 is 3.10 bits per heavy atom. The van der Waals surface area contributed by atoms with Crippen molar-refractivity contribution in [2.24, 2.45) is 0 Å². The largest absolute Gasteiger partial charge is 0.451 e. The lowest BCUT2D eigenvalue weighted by molar-refractivity contribution is 0.129. The van der Waals surface area contributed by atoms with Gasteiger partial charge < -0.3 is 9.15 Å². The Kier molecular flexibility index (Phi) is 3.09. The summed E-state index contributed by atoms with van der Waals surface area (Å²) < 4.78 is 11.6. The van der Waals surface area contributed by atoms with Gasteiger partial charge in [0.2, 0.25) is 0 Å². The third kappa shape index (κ3) is 2.07. The van der Waals surface area contributed by atoms with E-state index in [1.54, 1.807) is 18.1 Å². The number of furan rings is 1. The molecule has 0 unspecified atom stereocenters. The topological polar surface area (TPSA) is 48.2 Å². The summed E-state index contributed by atoms with van der Waals surface area (Å²) in [7, 11) is 0. The molecule has 3 aromatic rings. The molecule has 3 heterocycles. The first-order valence-electron chi connectivity index (χ1n) is 6.78. The highest BCUT2D eigenvalue weighted by atomic mass is 32.2. The van der Waals surface area contributed by atoms with Crippen LogP contribution in [0, 0.1) is 0 Å². The van der Waals surface area contributed by atoms with Gasteiger partial charge in [0.25, 0.3) is 0 Å². The van der Waals surface area contributed by atoms with E-state index in [1.807, 2.05) is 24.3 Å². The fraction of sp³-hybridized carbons (Fsp3) is 0.333. The molecule has 4 nitrogen and oxygen atoms in total. The second kappa shape index (κ2) is 5.07. The average Bonchev–Trinajstić information content (AvgIpc) is 3.12. The SMILES string of the molecule is c1ccc2c(c1)oc1c(SC[C@H]3CCCO3)ncnc12. The van der Waals surface area contributed by atoms with Crippen molar-refractivity contribution in [2.75, 3.05) is 12.4 Å². The standard InChI is InChI=1S/C15H14N2O2S/c1-2-6-12-11(5-1)13-14(19-12)15(17-9-16-13)20-8-10-4-3-7-18-10/h1-2,5-6,9-10H,3-4,7-8H2/t10-/m1/s1. The van der Waals surface area contributed by atoms with E-state index in [0.29, 0.717) is 6.10 Å². The molecule has 0 spiro atoms. The molecule has 102 valence electrons. The first kappa shape index (κ1) is 12.2. The van der Waals surface area contributed by atoms with Gasteiger partial charge in [0.1, 0.15) is 22.5 Å². The van der Waals surface area contributed by atoms with Gasteiger partial charge in [0.15, 0.2) is 5.58 Å². The maximum atomic E-state index is 5.91. The van der Waals surface area contributed by atoms with Crippen molar-refractivity contribution in [1.29, 1.82) is 0 Å². The Bertz CT molecular complexity index is 750. The lowest BCUT2D eigenvalue weighted by Crippen LogP contribution is -2.07. The molecule has 2 aromatic heterocycles. The predicted molar refractivity (Wildman–Crippen MR) is 79.0 cm³/mol. The third-order valence-electron chi connectivity index (χ3n) is 3.56. The number of benzene rings is 1. The van der Waals surface area contributed by atoms with Crippen molar-refractivity contribution >= 4 is 33.8 Å². The van der Waals surface area contributed by atoms with E-state index in [1.165, 1.54) is 0 Å². The molecule has 0 bridgehead atoms. The maximum absolute atomic E-state index is 5.91. The van der Waals surface area contributed by atoms with Crippen molar-refractivity contribution < 1.29 is 9.15 Å². The number of ether oxygens (including phenoxy) is 1. The molecule has 1 aliphatic rings. The van der Waals surface area contributed by atoms with E-state index in [0.717, 1.165) is 52.3 Å². The Morgan fingerprint density at radius 2 is 2.20 bits per heavy atom. The van der Waals surface area contributed by atoms with Crippen molar-refractivity contribution in [2.45, 2.75) is 24.0 Å². The van der Waals surface area contributed by atoms with E-state index >= 15 is 0 Å². The number of rotatable bonds is 3. The average molecular weight is 286 g/mol. The molecule has 1 atom stereocenters. The molecule has 5 heteroatoms. The zero-order chi connectivity index (χ0) is 13.4. The molecular weight excluding hydrogens is 272 g/mol. The van der Waals surface area contributed by atoms with Crippen LogP contribution in [-0.4, -0.2) is 28.4 Å². The fourth-order valence-corrected chi connectivity index (χ4v) is 3.55. The number of thioether (sulfide) groups is 1. The molecule has 1 aromatic carbocycles. The number of nitrogens with zero attached hydrogens (tertiary/aromatic N) is 2. The van der Waals surface area contributed by atoms with Crippen molar-refractivity contribution in [3.05, 3.63) is 30.6 Å². The number of hydrogen-bond acceptors (Lipinski definition) is 5. The van der Waals surface area contributed by atoms with Gasteiger partial charge in [-0.15, -0.1) is 0 Å². The Labute approximate surface area is 120 Å². The third-order valence-corrected chi connectivity index (χ3v) is 4.66. The highest BCUT2D eigenvalue weighted by molar-refractivity contribution is 7.99. The van der Waals surface area contributed by atoms with Gasteiger partial charge in [-0.1, -0.05) is 23.9 Å². The summed E-state index contributed by atoms with van der Waals surface area (Å²) in [5.41, 5.74) is 2.55. The molecule has 4 rings (SSSR count). The lowest BCUT2D eigenvalue weighted by Gasteiger charge is -2.07. The van der Waals surface area contributed by atoms with Gasteiger partial charge in [-0.3, -0.25) is 0 Å². The first-order valence-corrected chi connectivity index (χ1v) is 7.77. The summed E-state index contributed by atoms with van der Waals surface area (Å²) in [5.74, 6) is 0.920. The minimum absolute atomic E-state index is 0.342. The zero-order valence-electron chi connectivity index (χ0n) is 10.9. The number of hydrogen-bond donors (Lipinski definition) is 0. The van der Waals surface area contributed by atoms with Crippen LogP contribution in [0.3, 0.4) is 0 Å². The molecule has 0 radical (unpaired) electrons. The van der Waals surface area contributed by atoms with Crippen LogP contribution in [0.5, 0.6) is 0 Å². The molecule has 20 heavy (non-hydrogen) atoms. The second-order valence-electron chi connectivity index (χ2n) is 4.90. The Morgan fingerprint density at radius 1 is 1.25 bits per heavy atom. The van der Waals surface area contributed by atoms with Crippen LogP contribution in [0.2, 0.25) is 0 Å². The van der Waals surface area contributed by atoms with Crippen LogP contribution < -0.4 is 0 Å². The molecule has 1 aliphatic heterocycles. The smallest absolute Gasteiger partial charge is 0.186 e. The fourth-order valence-electron chi connectivity index (χ4n) is 2.55. The number of para-hydroxylation sites is 1. The maximum Gasteiger partial charge on any atom is 0.186 e. The van der Waals surface area contributed by atoms with Gasteiger partial charge in [-0.25, -0.2) is 9.97 Å². The van der Waals surface area contributed by atoms with E-state index in [4.69, 9.17) is 9.15 Å². The van der Waals surface area contributed by atoms with Crippen molar-refractivity contribution in [3.63, 3.8) is 0 Å². The zero-order valence-corrected chi connectivity index (χ0v) is 11.7. The molecular formula is C15H14N2O2S. The molecule has 1 fully saturated rings. The van der Waals surface area contributed by atoms with Crippen LogP contribution >= 0.6 is 11.8 Å². The minimum Gasteiger partial charge on any atom is -0.451 e. The Balaban J connectivity index is 1.71. The van der Waals surface area contributed by atoms with Gasteiger partial charge >= 0.3 is 0 Å². The summed E-state index contributed by atoms with van der Waals surface area (Å²) in [6.45, 7) is 0.884. The molecule has 0 aliphatic carbocycles. The molecule has 1 saturated heterocycles. The summed E-state index contributed by atoms with van der Waals surface area (Å²) in [6.07, 6.45) is 4.26. The van der Waals surface area contributed by atoms with Crippen LogP contribution in [0.15, 0.2) is 40.0 Å². The van der Waals surface area contributed by atoms with Crippen LogP contribution in [-0.2, 0) is 4.74 Å². The quantitative estimate of drug-likeness (QED) is 0.543. The van der Waals surface area contributed by atoms with Gasteiger partial charge in [0.05, 0.1) is 6.10 Å². The monoisotopic (exact) mass is 286 g/mol. The van der Waals surface area contributed by atoms with Gasteiger partial charge in [-0.05, 0) is 25.0 Å². The van der Waals surface area contributed by atoms with Crippen LogP contribution in [0.25, 0.3) is 22.1 Å². The lowest BCUT2D eigenvalue weighted by atomic mass is 10.2. The van der Waals surface area contributed by atoms with Gasteiger partial charge in [-0.2, -0.15) is 0 Å². The summed E-state index contributed by atoms with van der Waals surface area (Å²) in [5, 5.41) is 1.95. The molecule has 0 N–H and O–H groups in total. The van der Waals surface area contributed by atoms with Crippen LogP contribution in [0.4, 0.5) is 0 Å².